The Labute approximate surface area is 138 Å². The van der Waals surface area contributed by atoms with E-state index in [1.54, 1.807) is 25.7 Å². The zero-order chi connectivity index (χ0) is 15.6. The van der Waals surface area contributed by atoms with Crippen LogP contribution in [0.2, 0.25) is 18.1 Å². The molecule has 21 heavy (non-hydrogen) atoms. The fourth-order valence-corrected chi connectivity index (χ4v) is 9.36. The molecule has 0 amide bonds. The van der Waals surface area contributed by atoms with Crippen molar-refractivity contribution in [3.63, 3.8) is 0 Å². The fourth-order valence-electron chi connectivity index (χ4n) is 4.39. The third kappa shape index (κ3) is 6.58. The molecule has 0 radical (unpaired) electrons. The van der Waals surface area contributed by atoms with Crippen LogP contribution in [-0.4, -0.2) is 18.8 Å². The first kappa shape index (κ1) is 19.4. The summed E-state index contributed by atoms with van der Waals surface area (Å²) in [4.78, 5) is 0. The second-order valence-electron chi connectivity index (χ2n) is 7.24. The quantitative estimate of drug-likeness (QED) is 0.611. The Morgan fingerprint density at radius 1 is 0.714 bits per heavy atom. The zero-order valence-corrected chi connectivity index (χ0v) is 18.3. The first-order valence-electron chi connectivity index (χ1n) is 9.76. The summed E-state index contributed by atoms with van der Waals surface area (Å²) in [6, 6.07) is 3.89. The maximum Gasteiger partial charge on any atom is 0.178 e. The molecule has 0 aromatic heterocycles. The van der Waals surface area contributed by atoms with Crippen molar-refractivity contribution >= 4 is 18.8 Å². The predicted octanol–water partition coefficient (Wildman–Crippen LogP) is 5.44. The normalized spacial score (nSPS) is 21.9. The van der Waals surface area contributed by atoms with Crippen LogP contribution in [-0.2, 0) is 4.12 Å². The summed E-state index contributed by atoms with van der Waals surface area (Å²) in [5.74, 6) is 2.28. The van der Waals surface area contributed by atoms with Gasteiger partial charge in [-0.3, -0.25) is 0 Å². The summed E-state index contributed by atoms with van der Waals surface area (Å²) in [6.45, 7) is 6.78. The Balaban J connectivity index is 0.000000222. The standard InChI is InChI=1S/C12H22.C6H18OSi2/c1-3-7-11(8-4-1)12-9-5-2-6-10-12;1-4-9(5-2,6-3)7-8/h11-12H,1-10H2;4-6H2,1-3,8H3. The van der Waals surface area contributed by atoms with Crippen LogP contribution in [0.25, 0.3) is 0 Å². The van der Waals surface area contributed by atoms with Gasteiger partial charge in [-0.1, -0.05) is 85.0 Å². The van der Waals surface area contributed by atoms with Gasteiger partial charge in [0.1, 0.15) is 10.5 Å². The molecule has 0 heterocycles. The highest BCUT2D eigenvalue weighted by Crippen LogP contribution is 2.37. The third-order valence-corrected chi connectivity index (χ3v) is 13.7. The summed E-state index contributed by atoms with van der Waals surface area (Å²) in [5, 5.41) is 0. The highest BCUT2D eigenvalue weighted by Gasteiger charge is 2.25. The van der Waals surface area contributed by atoms with E-state index >= 15 is 0 Å². The molecule has 2 aliphatic carbocycles. The zero-order valence-electron chi connectivity index (χ0n) is 15.3. The van der Waals surface area contributed by atoms with Crippen molar-refractivity contribution in [1.29, 1.82) is 0 Å². The minimum Gasteiger partial charge on any atom is -0.463 e. The molecule has 0 unspecified atom stereocenters. The molecule has 3 heteroatoms. The lowest BCUT2D eigenvalue weighted by Crippen LogP contribution is -2.34. The molecule has 2 rings (SSSR count). The summed E-state index contributed by atoms with van der Waals surface area (Å²) in [7, 11) is -0.193. The SMILES string of the molecule is C1CCC(C2CCCCC2)CC1.CC[Si](CC)(CC)O[SiH3]. The lowest BCUT2D eigenvalue weighted by atomic mass is 9.73. The van der Waals surface area contributed by atoms with Gasteiger partial charge in [-0.05, 0) is 30.0 Å². The van der Waals surface area contributed by atoms with Crippen molar-refractivity contribution in [3.05, 3.63) is 0 Å². The topological polar surface area (TPSA) is 9.23 Å². The highest BCUT2D eigenvalue weighted by molar-refractivity contribution is 6.75. The molecular formula is C18H40OSi2. The van der Waals surface area contributed by atoms with E-state index in [1.807, 2.05) is 0 Å². The smallest absolute Gasteiger partial charge is 0.178 e. The van der Waals surface area contributed by atoms with Crippen LogP contribution in [0.3, 0.4) is 0 Å². The molecule has 126 valence electrons. The molecule has 0 spiro atoms. The molecule has 0 saturated heterocycles. The summed E-state index contributed by atoms with van der Waals surface area (Å²) >= 11 is 0. The number of hydrogen-bond acceptors (Lipinski definition) is 1. The Hall–Kier alpha value is 0.394. The third-order valence-electron chi connectivity index (χ3n) is 6.33. The van der Waals surface area contributed by atoms with Gasteiger partial charge in [0, 0.05) is 0 Å². The van der Waals surface area contributed by atoms with E-state index < -0.39 is 8.32 Å². The Morgan fingerprint density at radius 3 is 1.24 bits per heavy atom. The fraction of sp³-hybridized carbons (Fsp3) is 1.00. The van der Waals surface area contributed by atoms with Crippen molar-refractivity contribution in [2.75, 3.05) is 0 Å². The maximum atomic E-state index is 5.66. The molecule has 2 aliphatic rings. The predicted molar refractivity (Wildman–Crippen MR) is 101 cm³/mol. The molecule has 0 aliphatic heterocycles. The second kappa shape index (κ2) is 11.0. The lowest BCUT2D eigenvalue weighted by Gasteiger charge is -2.32. The van der Waals surface area contributed by atoms with Crippen molar-refractivity contribution in [1.82, 2.24) is 0 Å². The Bertz CT molecular complexity index is 208. The monoisotopic (exact) mass is 328 g/mol. The molecule has 0 N–H and O–H groups in total. The molecule has 0 atom stereocenters. The molecule has 0 aromatic carbocycles. The van der Waals surface area contributed by atoms with Gasteiger partial charge in [0.15, 0.2) is 8.32 Å². The van der Waals surface area contributed by atoms with Crippen LogP contribution in [0, 0.1) is 11.8 Å². The van der Waals surface area contributed by atoms with Gasteiger partial charge in [0.2, 0.25) is 0 Å². The largest absolute Gasteiger partial charge is 0.463 e. The minimum absolute atomic E-state index is 0.937. The van der Waals surface area contributed by atoms with Crippen LogP contribution < -0.4 is 0 Å². The van der Waals surface area contributed by atoms with Gasteiger partial charge in [-0.15, -0.1) is 0 Å². The van der Waals surface area contributed by atoms with E-state index in [2.05, 4.69) is 20.8 Å². The van der Waals surface area contributed by atoms with E-state index in [-0.39, 0.29) is 0 Å². The lowest BCUT2D eigenvalue weighted by molar-refractivity contribution is 0.196. The van der Waals surface area contributed by atoms with Crippen molar-refractivity contribution < 1.29 is 4.12 Å². The average Bonchev–Trinajstić information content (AvgIpc) is 2.60. The maximum absolute atomic E-state index is 5.66. The second-order valence-corrected chi connectivity index (χ2v) is 13.4. The van der Waals surface area contributed by atoms with Gasteiger partial charge in [-0.25, -0.2) is 0 Å². The molecule has 0 aromatic rings. The van der Waals surface area contributed by atoms with Gasteiger partial charge in [0.05, 0.1) is 0 Å². The first-order valence-corrected chi connectivity index (χ1v) is 13.1. The van der Waals surface area contributed by atoms with Gasteiger partial charge < -0.3 is 4.12 Å². The number of rotatable bonds is 5. The van der Waals surface area contributed by atoms with Gasteiger partial charge in [-0.2, -0.15) is 0 Å². The van der Waals surface area contributed by atoms with Crippen LogP contribution >= 0.6 is 0 Å². The van der Waals surface area contributed by atoms with E-state index in [9.17, 15) is 0 Å². The molecular weight excluding hydrogens is 288 g/mol. The Morgan fingerprint density at radius 2 is 1.05 bits per heavy atom. The van der Waals surface area contributed by atoms with Crippen LogP contribution in [0.5, 0.6) is 0 Å². The first-order chi connectivity index (χ1) is 10.2. The van der Waals surface area contributed by atoms with E-state index in [0.29, 0.717) is 0 Å². The minimum atomic E-state index is -1.13. The molecule has 2 fully saturated rings. The molecule has 0 bridgehead atoms. The van der Waals surface area contributed by atoms with E-state index in [0.717, 1.165) is 22.3 Å². The van der Waals surface area contributed by atoms with Crippen molar-refractivity contribution in [2.24, 2.45) is 11.8 Å². The average molecular weight is 329 g/mol. The molecule has 1 nitrogen and oxygen atoms in total. The van der Waals surface area contributed by atoms with Gasteiger partial charge in [0.25, 0.3) is 0 Å². The summed E-state index contributed by atoms with van der Waals surface area (Å²) in [5.41, 5.74) is 0. The van der Waals surface area contributed by atoms with Crippen molar-refractivity contribution in [2.45, 2.75) is 103 Å². The summed E-state index contributed by atoms with van der Waals surface area (Å²) < 4.78 is 5.66. The van der Waals surface area contributed by atoms with Gasteiger partial charge >= 0.3 is 0 Å². The Kier molecular flexibility index (Phi) is 10.2. The van der Waals surface area contributed by atoms with Crippen LogP contribution in [0.4, 0.5) is 0 Å². The van der Waals surface area contributed by atoms with E-state index in [1.165, 1.54) is 56.7 Å². The summed E-state index contributed by atoms with van der Waals surface area (Å²) in [6.07, 6.45) is 15.4. The number of hydrogen-bond donors (Lipinski definition) is 0. The van der Waals surface area contributed by atoms with Crippen molar-refractivity contribution in [3.8, 4) is 0 Å². The van der Waals surface area contributed by atoms with Crippen LogP contribution in [0.15, 0.2) is 0 Å². The molecule has 2 saturated carbocycles. The van der Waals surface area contributed by atoms with E-state index in [4.69, 9.17) is 4.12 Å². The van der Waals surface area contributed by atoms with Crippen LogP contribution in [0.1, 0.15) is 85.0 Å². The highest BCUT2D eigenvalue weighted by atomic mass is 28.4.